The fraction of sp³-hybridized carbons (Fsp3) is 0.857. The Morgan fingerprint density at radius 2 is 2.12 bits per heavy atom. The van der Waals surface area contributed by atoms with Crippen molar-refractivity contribution in [3.63, 3.8) is 0 Å². The van der Waals surface area contributed by atoms with Crippen molar-refractivity contribution in [2.24, 2.45) is 0 Å². The Kier molecular flexibility index (Phi) is 4.31. The van der Waals surface area contributed by atoms with Crippen LogP contribution in [-0.4, -0.2) is 32.4 Å². The van der Waals surface area contributed by atoms with Gasteiger partial charge in [-0.05, 0) is 58.2 Å². The normalized spacial score (nSPS) is 26.2. The summed E-state index contributed by atoms with van der Waals surface area (Å²) >= 11 is 0. The highest BCUT2D eigenvalue weighted by atomic mass is 28.4. The molecule has 17 heavy (non-hydrogen) atoms. The molecule has 98 valence electrons. The van der Waals surface area contributed by atoms with Crippen LogP contribution in [0, 0.1) is 0 Å². The lowest BCUT2D eigenvalue weighted by Gasteiger charge is -2.32. The van der Waals surface area contributed by atoms with E-state index in [0.717, 1.165) is 6.61 Å². The lowest BCUT2D eigenvalue weighted by atomic mass is 10.0. The molecular weight excluding hydrogens is 226 g/mol. The lowest BCUT2D eigenvalue weighted by molar-refractivity contribution is 0.192. The van der Waals surface area contributed by atoms with Gasteiger partial charge in [0, 0.05) is 12.2 Å². The molecule has 0 N–H and O–H groups in total. The van der Waals surface area contributed by atoms with E-state index in [2.05, 4.69) is 30.6 Å². The monoisotopic (exact) mass is 253 g/mol. The molecule has 0 saturated carbocycles. The molecule has 1 aliphatic heterocycles. The van der Waals surface area contributed by atoms with Gasteiger partial charge in [0.2, 0.25) is 0 Å². The van der Waals surface area contributed by atoms with E-state index in [1.165, 1.54) is 45.1 Å². The zero-order valence-electron chi connectivity index (χ0n) is 11.7. The Hall–Kier alpha value is -0.283. The summed E-state index contributed by atoms with van der Waals surface area (Å²) < 4.78 is 6.10. The molecule has 3 heteroatoms. The molecule has 1 fully saturated rings. The highest BCUT2D eigenvalue weighted by molar-refractivity contribution is 6.69. The molecule has 0 unspecified atom stereocenters. The Balaban J connectivity index is 1.90. The van der Waals surface area contributed by atoms with Crippen LogP contribution in [0.15, 0.2) is 11.8 Å². The average molecular weight is 253 g/mol. The zero-order chi connectivity index (χ0) is 12.3. The van der Waals surface area contributed by atoms with E-state index in [4.69, 9.17) is 4.43 Å². The van der Waals surface area contributed by atoms with E-state index in [9.17, 15) is 0 Å². The fourth-order valence-electron chi connectivity index (χ4n) is 2.82. The minimum atomic E-state index is -1.35. The van der Waals surface area contributed by atoms with Crippen LogP contribution in [0.4, 0.5) is 0 Å². The second-order valence-corrected chi connectivity index (χ2v) is 10.9. The molecule has 0 spiro atoms. The van der Waals surface area contributed by atoms with Gasteiger partial charge in [-0.3, -0.25) is 0 Å². The number of rotatable bonds is 4. The molecule has 0 amide bonds. The third-order valence-corrected chi connectivity index (χ3v) is 4.75. The van der Waals surface area contributed by atoms with Gasteiger partial charge in [-0.25, -0.2) is 0 Å². The van der Waals surface area contributed by atoms with Crippen LogP contribution in [0.2, 0.25) is 19.6 Å². The van der Waals surface area contributed by atoms with Crippen molar-refractivity contribution in [1.29, 1.82) is 0 Å². The van der Waals surface area contributed by atoms with Gasteiger partial charge < -0.3 is 9.33 Å². The van der Waals surface area contributed by atoms with Gasteiger partial charge in [-0.1, -0.05) is 6.08 Å². The molecular formula is C14H27NOSi. The Morgan fingerprint density at radius 1 is 1.29 bits per heavy atom. The summed E-state index contributed by atoms with van der Waals surface area (Å²) in [5.41, 5.74) is 1.61. The third-order valence-electron chi connectivity index (χ3n) is 3.72. The van der Waals surface area contributed by atoms with Crippen molar-refractivity contribution in [2.45, 2.75) is 64.2 Å². The molecule has 1 atom stereocenters. The first-order chi connectivity index (χ1) is 8.06. The Labute approximate surface area is 107 Å². The van der Waals surface area contributed by atoms with E-state index in [0.29, 0.717) is 6.04 Å². The Morgan fingerprint density at radius 3 is 2.76 bits per heavy atom. The maximum absolute atomic E-state index is 6.10. The summed E-state index contributed by atoms with van der Waals surface area (Å²) in [6, 6.07) is 0.658. The first-order valence-corrected chi connectivity index (χ1v) is 10.6. The minimum Gasteiger partial charge on any atom is -0.416 e. The minimum absolute atomic E-state index is 0.658. The second kappa shape index (κ2) is 5.57. The van der Waals surface area contributed by atoms with E-state index in [1.807, 2.05) is 0 Å². The van der Waals surface area contributed by atoms with Gasteiger partial charge in [-0.2, -0.15) is 0 Å². The standard InChI is InChI=1S/C14H27NOSi/c1-17(2,3)16-12-14-10-7-11-15(14)13-8-5-4-6-9-13/h8,14H,4-7,9-12H2,1-3H3/t14-/m0/s1. The van der Waals surface area contributed by atoms with E-state index in [1.54, 1.807) is 5.70 Å². The molecule has 0 bridgehead atoms. The van der Waals surface area contributed by atoms with E-state index < -0.39 is 8.32 Å². The van der Waals surface area contributed by atoms with Gasteiger partial charge in [0.1, 0.15) is 0 Å². The van der Waals surface area contributed by atoms with Crippen LogP contribution >= 0.6 is 0 Å². The maximum atomic E-state index is 6.10. The van der Waals surface area contributed by atoms with Crippen LogP contribution in [0.25, 0.3) is 0 Å². The summed E-state index contributed by atoms with van der Waals surface area (Å²) in [6.07, 6.45) is 10.5. The number of hydrogen-bond acceptors (Lipinski definition) is 2. The smallest absolute Gasteiger partial charge is 0.183 e. The molecule has 1 saturated heterocycles. The number of hydrogen-bond donors (Lipinski definition) is 0. The Bertz CT molecular complexity index is 282. The highest BCUT2D eigenvalue weighted by Crippen LogP contribution is 2.29. The quantitative estimate of drug-likeness (QED) is 0.707. The van der Waals surface area contributed by atoms with Crippen molar-refractivity contribution in [1.82, 2.24) is 4.90 Å². The first-order valence-electron chi connectivity index (χ1n) is 7.16. The molecule has 2 aliphatic rings. The van der Waals surface area contributed by atoms with Crippen LogP contribution < -0.4 is 0 Å². The van der Waals surface area contributed by atoms with Gasteiger partial charge in [-0.15, -0.1) is 0 Å². The molecule has 0 radical (unpaired) electrons. The molecule has 2 rings (SSSR count). The molecule has 0 aromatic carbocycles. The molecule has 1 aliphatic carbocycles. The molecule has 2 nitrogen and oxygen atoms in total. The van der Waals surface area contributed by atoms with Gasteiger partial charge in [0.05, 0.1) is 12.6 Å². The predicted molar refractivity (Wildman–Crippen MR) is 75.6 cm³/mol. The summed E-state index contributed by atoms with van der Waals surface area (Å²) in [6.45, 7) is 9.06. The van der Waals surface area contributed by atoms with Gasteiger partial charge >= 0.3 is 0 Å². The van der Waals surface area contributed by atoms with Crippen LogP contribution in [0.1, 0.15) is 38.5 Å². The SMILES string of the molecule is C[Si](C)(C)OC[C@@H]1CCCN1C1=CCCCC1. The average Bonchev–Trinajstić information content (AvgIpc) is 2.75. The van der Waals surface area contributed by atoms with E-state index >= 15 is 0 Å². The number of likely N-dealkylation sites (tertiary alicyclic amines) is 1. The predicted octanol–water partition coefficient (Wildman–Crippen LogP) is 3.76. The third kappa shape index (κ3) is 3.85. The van der Waals surface area contributed by atoms with Crippen LogP contribution in [0.3, 0.4) is 0 Å². The summed E-state index contributed by atoms with van der Waals surface area (Å²) in [5, 5.41) is 0. The number of nitrogens with zero attached hydrogens (tertiary/aromatic N) is 1. The highest BCUT2D eigenvalue weighted by Gasteiger charge is 2.28. The van der Waals surface area contributed by atoms with Crippen molar-refractivity contribution in [2.75, 3.05) is 13.2 Å². The largest absolute Gasteiger partial charge is 0.416 e. The molecule has 0 aromatic rings. The number of allylic oxidation sites excluding steroid dienone is 2. The van der Waals surface area contributed by atoms with Crippen molar-refractivity contribution < 1.29 is 4.43 Å². The van der Waals surface area contributed by atoms with E-state index in [-0.39, 0.29) is 0 Å². The summed E-state index contributed by atoms with van der Waals surface area (Å²) in [7, 11) is -1.35. The maximum Gasteiger partial charge on any atom is 0.183 e. The second-order valence-electron chi connectivity index (χ2n) is 6.35. The van der Waals surface area contributed by atoms with Crippen molar-refractivity contribution >= 4 is 8.32 Å². The molecule has 0 aromatic heterocycles. The van der Waals surface area contributed by atoms with Gasteiger partial charge in [0.15, 0.2) is 8.32 Å². The van der Waals surface area contributed by atoms with Crippen LogP contribution in [0.5, 0.6) is 0 Å². The van der Waals surface area contributed by atoms with Crippen LogP contribution in [-0.2, 0) is 4.43 Å². The van der Waals surface area contributed by atoms with Crippen molar-refractivity contribution in [3.8, 4) is 0 Å². The summed E-state index contributed by atoms with van der Waals surface area (Å²) in [4.78, 5) is 2.64. The van der Waals surface area contributed by atoms with Gasteiger partial charge in [0.25, 0.3) is 0 Å². The first kappa shape index (κ1) is 13.2. The zero-order valence-corrected chi connectivity index (χ0v) is 12.7. The molecule has 1 heterocycles. The fourth-order valence-corrected chi connectivity index (χ4v) is 3.51. The lowest BCUT2D eigenvalue weighted by Crippen LogP contribution is -2.37. The van der Waals surface area contributed by atoms with Crippen molar-refractivity contribution in [3.05, 3.63) is 11.8 Å². The topological polar surface area (TPSA) is 12.5 Å². The summed E-state index contributed by atoms with van der Waals surface area (Å²) in [5.74, 6) is 0.